The van der Waals surface area contributed by atoms with Gasteiger partial charge in [-0.15, -0.1) is 10.2 Å². The number of methoxy groups -OCH3 is 3. The van der Waals surface area contributed by atoms with Gasteiger partial charge in [-0.1, -0.05) is 6.07 Å². The second-order valence-electron chi connectivity index (χ2n) is 8.77. The fourth-order valence-corrected chi connectivity index (χ4v) is 4.98. The Morgan fingerprint density at radius 1 is 1.08 bits per heavy atom. The lowest BCUT2D eigenvalue weighted by atomic mass is 10.1. The van der Waals surface area contributed by atoms with E-state index in [9.17, 15) is 13.2 Å². The molecule has 1 amide bonds. The van der Waals surface area contributed by atoms with E-state index in [-0.39, 0.29) is 25.7 Å². The summed E-state index contributed by atoms with van der Waals surface area (Å²) in [6, 6.07) is 8.69. The Bertz CT molecular complexity index is 1320. The summed E-state index contributed by atoms with van der Waals surface area (Å²) >= 11 is 0. The zero-order valence-corrected chi connectivity index (χ0v) is 23.4. The Kier molecular flexibility index (Phi) is 9.75. The van der Waals surface area contributed by atoms with Crippen LogP contribution in [0.1, 0.15) is 33.4 Å². The summed E-state index contributed by atoms with van der Waals surface area (Å²) < 4.78 is 51.8. The van der Waals surface area contributed by atoms with Crippen LogP contribution in [0.4, 0.5) is 5.95 Å². The highest BCUT2D eigenvalue weighted by molar-refractivity contribution is 7.93. The summed E-state index contributed by atoms with van der Waals surface area (Å²) in [4.78, 5) is 13.8. The number of aryl methyl sites for hydroxylation is 1. The molecule has 0 bridgehead atoms. The Morgan fingerprint density at radius 3 is 2.29 bits per heavy atom. The number of hydrogen-bond acceptors (Lipinski definition) is 9. The Balaban J connectivity index is 0.00000127. The Morgan fingerprint density at radius 2 is 1.74 bits per heavy atom. The van der Waals surface area contributed by atoms with E-state index < -0.39 is 15.3 Å². The lowest BCUT2D eigenvalue weighted by Crippen LogP contribution is -2.43. The second-order valence-corrected chi connectivity index (χ2v) is 10.9. The van der Waals surface area contributed by atoms with Crippen LogP contribution in [0.3, 0.4) is 0 Å². The van der Waals surface area contributed by atoms with Gasteiger partial charge in [0.15, 0.2) is 5.76 Å². The number of nitrogens with zero attached hydrogens (tertiary/aromatic N) is 4. The van der Waals surface area contributed by atoms with Gasteiger partial charge in [0.25, 0.3) is 0 Å². The van der Waals surface area contributed by atoms with Gasteiger partial charge >= 0.3 is 0 Å². The molecule has 1 N–H and O–H groups in total. The highest BCUT2D eigenvalue weighted by Crippen LogP contribution is 2.38. The van der Waals surface area contributed by atoms with Crippen LogP contribution in [0.25, 0.3) is 17.3 Å². The molecule has 210 valence electrons. The van der Waals surface area contributed by atoms with Crippen molar-refractivity contribution in [1.29, 1.82) is 0 Å². The first-order valence-corrected chi connectivity index (χ1v) is 13.6. The number of furan rings is 1. The maximum Gasteiger partial charge on any atom is 0.243 e. The number of rotatable bonds is 9. The van der Waals surface area contributed by atoms with Gasteiger partial charge < -0.3 is 23.5 Å². The molecule has 38 heavy (non-hydrogen) atoms. The highest BCUT2D eigenvalue weighted by Gasteiger charge is 2.31. The summed E-state index contributed by atoms with van der Waals surface area (Å²) in [6.07, 6.45) is 2.13. The first kappa shape index (κ1) is 29.0. The molecule has 3 heterocycles. The molecule has 13 heteroatoms. The van der Waals surface area contributed by atoms with Gasteiger partial charge in [0.1, 0.15) is 22.9 Å². The molecule has 3 aromatic rings. The number of ether oxygens (including phenoxy) is 3. The third kappa shape index (κ3) is 6.45. The number of anilines is 1. The van der Waals surface area contributed by atoms with Crippen molar-refractivity contribution in [3.63, 3.8) is 0 Å². The van der Waals surface area contributed by atoms with Crippen molar-refractivity contribution < 1.29 is 33.3 Å². The van der Waals surface area contributed by atoms with Crippen molar-refractivity contribution in [3.05, 3.63) is 36.1 Å². The number of sulfonamides is 1. The number of aromatic nitrogens is 3. The zero-order chi connectivity index (χ0) is 27.9. The van der Waals surface area contributed by atoms with Gasteiger partial charge in [0.05, 0.1) is 19.5 Å². The maximum absolute atomic E-state index is 13.3. The van der Waals surface area contributed by atoms with Gasteiger partial charge in [0.2, 0.25) is 27.7 Å². The van der Waals surface area contributed by atoms with Crippen LogP contribution in [0, 0.1) is 6.92 Å². The number of nitrogens with one attached hydrogen (secondary N) is 1. The predicted octanol–water partition coefficient (Wildman–Crippen LogP) is 3.50. The molecule has 4 rings (SSSR count). The molecule has 0 aliphatic carbocycles. The SMILES string of the molecule is COC.COc1cccc(OC)c1-n1c(NS(=O)(=O)[C@H](C)CN2CCCCC2=O)nnc1-c1ccc(C)o1.[HH]. The van der Waals surface area contributed by atoms with Gasteiger partial charge in [-0.25, -0.2) is 8.42 Å². The molecule has 1 saturated heterocycles. The van der Waals surface area contributed by atoms with Gasteiger partial charge in [-0.3, -0.25) is 14.1 Å². The summed E-state index contributed by atoms with van der Waals surface area (Å²) in [6.45, 7) is 3.99. The average Bonchev–Trinajstić information content (AvgIpc) is 3.50. The van der Waals surface area contributed by atoms with E-state index in [2.05, 4.69) is 19.7 Å². The molecule has 0 spiro atoms. The van der Waals surface area contributed by atoms with Crippen LogP contribution in [0.15, 0.2) is 34.7 Å². The number of para-hydroxylation sites is 1. The molecule has 0 unspecified atom stereocenters. The first-order valence-electron chi connectivity index (χ1n) is 12.1. The number of likely N-dealkylation sites (tertiary alicyclic amines) is 1. The van der Waals surface area contributed by atoms with Crippen LogP contribution in [0.5, 0.6) is 11.5 Å². The van der Waals surface area contributed by atoms with Crippen LogP contribution < -0.4 is 14.2 Å². The minimum Gasteiger partial charge on any atom is -0.494 e. The molecule has 0 saturated carbocycles. The third-order valence-electron chi connectivity index (χ3n) is 5.91. The fraction of sp³-hybridized carbons (Fsp3) is 0.480. The van der Waals surface area contributed by atoms with E-state index in [4.69, 9.17) is 13.9 Å². The molecular weight excluding hydrogens is 514 g/mol. The predicted molar refractivity (Wildman–Crippen MR) is 144 cm³/mol. The fourth-order valence-electron chi connectivity index (χ4n) is 4.02. The number of benzene rings is 1. The quantitative estimate of drug-likeness (QED) is 0.423. The van der Waals surface area contributed by atoms with Crippen LogP contribution >= 0.6 is 0 Å². The minimum atomic E-state index is -3.95. The summed E-state index contributed by atoms with van der Waals surface area (Å²) in [5.41, 5.74) is 0.406. The van der Waals surface area contributed by atoms with Crippen molar-refractivity contribution in [1.82, 2.24) is 19.7 Å². The Hall–Kier alpha value is -3.58. The number of piperidine rings is 1. The van der Waals surface area contributed by atoms with Crippen LogP contribution in [0.2, 0.25) is 0 Å². The van der Waals surface area contributed by atoms with E-state index in [0.29, 0.717) is 41.7 Å². The van der Waals surface area contributed by atoms with E-state index in [1.54, 1.807) is 63.3 Å². The zero-order valence-electron chi connectivity index (χ0n) is 22.6. The number of carbonyl (C=O) groups is 1. The van der Waals surface area contributed by atoms with Crippen LogP contribution in [-0.2, 0) is 19.6 Å². The molecular formula is C25H37N5O7S. The van der Waals surface area contributed by atoms with Crippen molar-refractivity contribution >= 4 is 21.9 Å². The smallest absolute Gasteiger partial charge is 0.243 e. The number of hydrogen-bond donors (Lipinski definition) is 1. The normalized spacial score (nSPS) is 14.5. The average molecular weight is 552 g/mol. The molecule has 0 radical (unpaired) electrons. The summed E-state index contributed by atoms with van der Waals surface area (Å²) in [5, 5.41) is 7.46. The first-order chi connectivity index (χ1) is 18.2. The van der Waals surface area contributed by atoms with E-state index in [1.807, 2.05) is 0 Å². The third-order valence-corrected chi connectivity index (χ3v) is 7.59. The Labute approximate surface area is 224 Å². The van der Waals surface area contributed by atoms with Crippen LogP contribution in [-0.4, -0.2) is 80.8 Å². The van der Waals surface area contributed by atoms with E-state index in [1.165, 1.54) is 18.8 Å². The molecule has 1 aliphatic rings. The minimum absolute atomic E-state index is 0. The van der Waals surface area contributed by atoms with Gasteiger partial charge in [-0.05, 0) is 51.0 Å². The molecule has 1 aliphatic heterocycles. The second kappa shape index (κ2) is 12.8. The van der Waals surface area contributed by atoms with Crippen molar-refractivity contribution in [2.24, 2.45) is 0 Å². The monoisotopic (exact) mass is 551 g/mol. The van der Waals surface area contributed by atoms with Crippen molar-refractivity contribution in [2.75, 3.05) is 46.3 Å². The molecule has 1 fully saturated rings. The lowest BCUT2D eigenvalue weighted by molar-refractivity contribution is -0.133. The molecule has 1 atom stereocenters. The largest absolute Gasteiger partial charge is 0.494 e. The van der Waals surface area contributed by atoms with Crippen molar-refractivity contribution in [3.8, 4) is 28.8 Å². The molecule has 12 nitrogen and oxygen atoms in total. The number of carbonyl (C=O) groups excluding carboxylic acids is 1. The summed E-state index contributed by atoms with van der Waals surface area (Å²) in [5.74, 6) is 2.05. The van der Waals surface area contributed by atoms with Gasteiger partial charge in [0, 0.05) is 35.2 Å². The van der Waals surface area contributed by atoms with Gasteiger partial charge in [-0.2, -0.15) is 0 Å². The highest BCUT2D eigenvalue weighted by atomic mass is 32.2. The molecule has 2 aromatic heterocycles. The lowest BCUT2D eigenvalue weighted by Gasteiger charge is -2.29. The molecule has 1 aromatic carbocycles. The summed E-state index contributed by atoms with van der Waals surface area (Å²) in [7, 11) is 2.30. The van der Waals surface area contributed by atoms with Crippen molar-refractivity contribution in [2.45, 2.75) is 38.4 Å². The van der Waals surface area contributed by atoms with E-state index in [0.717, 1.165) is 12.8 Å². The van der Waals surface area contributed by atoms with E-state index >= 15 is 0 Å². The standard InChI is InChI=1S/C23H29N5O6S.C2H6O.H2/c1-15-11-12-19(34-15)22-24-25-23(28(22)21-17(32-3)8-7-9-18(21)33-4)26-35(30,31)16(2)14-27-13-6-5-10-20(27)29;1-3-2;/h7-9,11-12,16H,5-6,10,13-14H2,1-4H3,(H,25,26);1-2H3;1H/t16-;;/m1../s1. The topological polar surface area (TPSA) is 138 Å². The maximum atomic E-state index is 13.3. The number of amides is 1.